The molecule has 0 aliphatic heterocycles. The molecule has 4 rings (SSSR count). The molecule has 3 aromatic carbocycles. The van der Waals surface area contributed by atoms with Crippen LogP contribution in [0, 0.1) is 0 Å². The van der Waals surface area contributed by atoms with Crippen molar-refractivity contribution in [1.82, 2.24) is 9.78 Å². The number of nitrogens with zero attached hydrogens (tertiary/aromatic N) is 3. The van der Waals surface area contributed by atoms with Gasteiger partial charge in [0.2, 0.25) is 0 Å². The van der Waals surface area contributed by atoms with Crippen molar-refractivity contribution in [2.75, 3.05) is 10.2 Å². The van der Waals surface area contributed by atoms with Crippen LogP contribution in [0.25, 0.3) is 11.3 Å². The second-order valence-corrected chi connectivity index (χ2v) is 6.74. The van der Waals surface area contributed by atoms with E-state index in [0.717, 1.165) is 22.5 Å². The molecule has 0 spiro atoms. The van der Waals surface area contributed by atoms with E-state index in [1.807, 2.05) is 104 Å². The highest BCUT2D eigenvalue weighted by molar-refractivity contribution is 6.01. The van der Waals surface area contributed by atoms with Gasteiger partial charge in [0.25, 0.3) is 0 Å². The third kappa shape index (κ3) is 4.35. The molecule has 0 radical (unpaired) electrons. The molecule has 0 aliphatic carbocycles. The second kappa shape index (κ2) is 8.44. The highest BCUT2D eigenvalue weighted by Gasteiger charge is 2.18. The molecule has 0 bridgehead atoms. The summed E-state index contributed by atoms with van der Waals surface area (Å²) in [5.74, 6) is 0.519. The minimum Gasteiger partial charge on any atom is -0.290 e. The van der Waals surface area contributed by atoms with Crippen LogP contribution < -0.4 is 10.2 Å². The smallest absolute Gasteiger partial charge is 0.290 e. The van der Waals surface area contributed by atoms with Crippen LogP contribution in [-0.2, 0) is 13.6 Å². The maximum Gasteiger partial charge on any atom is 0.327 e. The Hall–Kier alpha value is -3.86. The Morgan fingerprint density at radius 2 is 1.48 bits per heavy atom. The molecule has 0 aliphatic rings. The van der Waals surface area contributed by atoms with E-state index in [9.17, 15) is 4.79 Å². The first-order valence-corrected chi connectivity index (χ1v) is 9.47. The third-order valence-electron chi connectivity index (χ3n) is 4.68. The van der Waals surface area contributed by atoms with Crippen molar-refractivity contribution in [3.8, 4) is 11.3 Å². The average molecular weight is 382 g/mol. The van der Waals surface area contributed by atoms with Crippen molar-refractivity contribution >= 4 is 17.5 Å². The van der Waals surface area contributed by atoms with Crippen LogP contribution in [0.15, 0.2) is 97.1 Å². The quantitative estimate of drug-likeness (QED) is 0.507. The Balaban J connectivity index is 1.59. The summed E-state index contributed by atoms with van der Waals surface area (Å²) in [7, 11) is 1.87. The lowest BCUT2D eigenvalue weighted by Crippen LogP contribution is -2.34. The van der Waals surface area contributed by atoms with E-state index in [1.54, 1.807) is 9.58 Å². The van der Waals surface area contributed by atoms with Crippen molar-refractivity contribution in [3.63, 3.8) is 0 Å². The summed E-state index contributed by atoms with van der Waals surface area (Å²) < 4.78 is 1.77. The van der Waals surface area contributed by atoms with Crippen molar-refractivity contribution in [2.45, 2.75) is 6.54 Å². The SMILES string of the molecule is Cn1nc(NC(=O)N(Cc2ccccc2)c2ccccc2)cc1-c1ccccc1. The highest BCUT2D eigenvalue weighted by atomic mass is 16.2. The van der Waals surface area contributed by atoms with Crippen LogP contribution in [0.2, 0.25) is 0 Å². The molecule has 0 saturated carbocycles. The van der Waals surface area contributed by atoms with Gasteiger partial charge in [0.1, 0.15) is 0 Å². The van der Waals surface area contributed by atoms with Gasteiger partial charge in [0, 0.05) is 18.8 Å². The summed E-state index contributed by atoms with van der Waals surface area (Å²) in [4.78, 5) is 14.9. The molecule has 1 aromatic heterocycles. The number of benzene rings is 3. The lowest BCUT2D eigenvalue weighted by molar-refractivity contribution is 0.256. The Morgan fingerprint density at radius 1 is 0.897 bits per heavy atom. The van der Waals surface area contributed by atoms with Crippen LogP contribution in [0.3, 0.4) is 0 Å². The Morgan fingerprint density at radius 3 is 2.14 bits per heavy atom. The fourth-order valence-electron chi connectivity index (χ4n) is 3.24. The van der Waals surface area contributed by atoms with E-state index >= 15 is 0 Å². The number of carbonyl (C=O) groups excluding carboxylic acids is 1. The number of hydrogen-bond donors (Lipinski definition) is 1. The Bertz CT molecular complexity index is 1080. The zero-order valence-electron chi connectivity index (χ0n) is 16.2. The van der Waals surface area contributed by atoms with Gasteiger partial charge in [-0.15, -0.1) is 0 Å². The van der Waals surface area contributed by atoms with E-state index in [2.05, 4.69) is 10.4 Å². The lowest BCUT2D eigenvalue weighted by Gasteiger charge is -2.23. The van der Waals surface area contributed by atoms with E-state index < -0.39 is 0 Å². The maximum atomic E-state index is 13.1. The fraction of sp³-hybridized carbons (Fsp3) is 0.0833. The molecule has 4 aromatic rings. The van der Waals surface area contributed by atoms with Gasteiger partial charge >= 0.3 is 6.03 Å². The van der Waals surface area contributed by atoms with Crippen LogP contribution in [0.4, 0.5) is 16.3 Å². The molecule has 0 unspecified atom stereocenters. The molecule has 2 amide bonds. The molecule has 5 nitrogen and oxygen atoms in total. The van der Waals surface area contributed by atoms with E-state index in [0.29, 0.717) is 12.4 Å². The maximum absolute atomic E-state index is 13.1. The number of rotatable bonds is 5. The van der Waals surface area contributed by atoms with Crippen molar-refractivity contribution in [3.05, 3.63) is 103 Å². The third-order valence-corrected chi connectivity index (χ3v) is 4.68. The summed E-state index contributed by atoms with van der Waals surface area (Å²) in [6.45, 7) is 0.467. The predicted molar refractivity (Wildman–Crippen MR) is 117 cm³/mol. The number of carbonyl (C=O) groups is 1. The first kappa shape index (κ1) is 18.5. The minimum atomic E-state index is -0.224. The highest BCUT2D eigenvalue weighted by Crippen LogP contribution is 2.23. The van der Waals surface area contributed by atoms with E-state index in [4.69, 9.17) is 0 Å². The van der Waals surface area contributed by atoms with Crippen LogP contribution in [-0.4, -0.2) is 15.8 Å². The van der Waals surface area contributed by atoms with Gasteiger partial charge < -0.3 is 0 Å². The molecule has 0 fully saturated rings. The van der Waals surface area contributed by atoms with Gasteiger partial charge in [0.05, 0.1) is 12.2 Å². The fourth-order valence-corrected chi connectivity index (χ4v) is 3.24. The van der Waals surface area contributed by atoms with Crippen molar-refractivity contribution < 1.29 is 4.79 Å². The van der Waals surface area contributed by atoms with E-state index in [-0.39, 0.29) is 6.03 Å². The summed E-state index contributed by atoms with van der Waals surface area (Å²) in [6.07, 6.45) is 0. The largest absolute Gasteiger partial charge is 0.327 e. The zero-order valence-corrected chi connectivity index (χ0v) is 16.2. The molecule has 5 heteroatoms. The summed E-state index contributed by atoms with van der Waals surface area (Å²) in [5.41, 5.74) is 3.87. The topological polar surface area (TPSA) is 50.2 Å². The number of hydrogen-bond acceptors (Lipinski definition) is 2. The molecule has 144 valence electrons. The normalized spacial score (nSPS) is 10.5. The minimum absolute atomic E-state index is 0.224. The lowest BCUT2D eigenvalue weighted by atomic mass is 10.1. The van der Waals surface area contributed by atoms with Gasteiger partial charge in [-0.3, -0.25) is 14.9 Å². The standard InChI is InChI=1S/C24H22N4O/c1-27-22(20-13-7-3-8-14-20)17-23(26-27)25-24(29)28(21-15-9-4-10-16-21)18-19-11-5-2-6-12-19/h2-17H,18H2,1H3,(H,25,26,29). The van der Waals surface area contributed by atoms with Crippen molar-refractivity contribution in [2.24, 2.45) is 7.05 Å². The number of amides is 2. The average Bonchev–Trinajstić information content (AvgIpc) is 3.14. The number of nitrogens with one attached hydrogen (secondary N) is 1. The Kier molecular flexibility index (Phi) is 5.38. The summed E-state index contributed by atoms with van der Waals surface area (Å²) in [6, 6.07) is 31.2. The molecule has 29 heavy (non-hydrogen) atoms. The zero-order chi connectivity index (χ0) is 20.1. The van der Waals surface area contributed by atoms with Crippen LogP contribution in [0.1, 0.15) is 5.56 Å². The monoisotopic (exact) mass is 382 g/mol. The van der Waals surface area contributed by atoms with Crippen LogP contribution in [0.5, 0.6) is 0 Å². The van der Waals surface area contributed by atoms with Gasteiger partial charge in [-0.25, -0.2) is 4.79 Å². The first-order chi connectivity index (χ1) is 14.2. The van der Waals surface area contributed by atoms with Gasteiger partial charge in [-0.2, -0.15) is 5.10 Å². The molecule has 0 saturated heterocycles. The summed E-state index contributed by atoms with van der Waals surface area (Å²) >= 11 is 0. The molecule has 0 atom stereocenters. The summed E-state index contributed by atoms with van der Waals surface area (Å²) in [5, 5.41) is 7.41. The van der Waals surface area contributed by atoms with Gasteiger partial charge in [-0.1, -0.05) is 78.9 Å². The molecule has 1 N–H and O–H groups in total. The van der Waals surface area contributed by atoms with Crippen molar-refractivity contribution in [1.29, 1.82) is 0 Å². The molecular formula is C24H22N4O. The number of anilines is 2. The van der Waals surface area contributed by atoms with E-state index in [1.165, 1.54) is 0 Å². The number of urea groups is 1. The van der Waals surface area contributed by atoms with Gasteiger partial charge in [-0.05, 0) is 23.3 Å². The molecular weight excluding hydrogens is 360 g/mol. The number of aryl methyl sites for hydroxylation is 1. The Labute approximate surface area is 170 Å². The second-order valence-electron chi connectivity index (χ2n) is 6.74. The number of para-hydroxylation sites is 1. The van der Waals surface area contributed by atoms with Gasteiger partial charge in [0.15, 0.2) is 5.82 Å². The molecule has 1 heterocycles. The predicted octanol–water partition coefficient (Wildman–Crippen LogP) is 5.33. The first-order valence-electron chi connectivity index (χ1n) is 9.47. The number of aromatic nitrogens is 2. The van der Waals surface area contributed by atoms with Crippen LogP contribution >= 0.6 is 0 Å².